The lowest BCUT2D eigenvalue weighted by Gasteiger charge is -2.34. The number of benzene rings is 3. The molecular weight excluding hydrogens is 497 g/mol. The van der Waals surface area contributed by atoms with E-state index in [0.29, 0.717) is 13.1 Å². The van der Waals surface area contributed by atoms with E-state index in [2.05, 4.69) is 69.4 Å². The minimum atomic E-state index is -3.46. The Morgan fingerprint density at radius 3 is 2.30 bits per heavy atom. The molecule has 1 heterocycles. The lowest BCUT2D eigenvalue weighted by atomic mass is 10.1. The van der Waals surface area contributed by atoms with Crippen molar-refractivity contribution in [3.8, 4) is 0 Å². The number of hydrogen-bond donors (Lipinski definition) is 0. The van der Waals surface area contributed by atoms with Crippen LogP contribution >= 0.6 is 23.5 Å². The van der Waals surface area contributed by atoms with Crippen molar-refractivity contribution in [2.45, 2.75) is 12.3 Å². The maximum Gasteiger partial charge on any atom is 0.351 e. The van der Waals surface area contributed by atoms with E-state index in [9.17, 15) is 4.57 Å². The Hall–Kier alpha value is -2.27. The first kappa shape index (κ1) is 23.9. The second-order valence-electron chi connectivity index (χ2n) is 7.90. The lowest BCUT2D eigenvalue weighted by Crippen LogP contribution is -2.30. The number of hydrogen-bond acceptors (Lipinski definition) is 4. The van der Waals surface area contributed by atoms with Gasteiger partial charge in [-0.1, -0.05) is 101 Å². The molecule has 1 aliphatic rings. The van der Waals surface area contributed by atoms with Gasteiger partial charge in [-0.3, -0.25) is 9.46 Å². The predicted molar refractivity (Wildman–Crippen MR) is 139 cm³/mol. The van der Waals surface area contributed by atoms with Crippen LogP contribution in [-0.4, -0.2) is 25.7 Å². The highest BCUT2D eigenvalue weighted by Crippen LogP contribution is 2.62. The molecule has 0 saturated heterocycles. The number of nitrogens with zero attached hydrogens (tertiary/aromatic N) is 1. The largest absolute Gasteiger partial charge is 0.351 e. The fourth-order valence-corrected chi connectivity index (χ4v) is 6.07. The fraction of sp³-hybridized carbons (Fsp3) is 0.185. The first-order chi connectivity index (χ1) is 16.0. The molecule has 4 rings (SSSR count). The Balaban J connectivity index is 1.79. The summed E-state index contributed by atoms with van der Waals surface area (Å²) in [4.78, 5) is 2.18. The van der Waals surface area contributed by atoms with E-state index >= 15 is 0 Å². The van der Waals surface area contributed by atoms with Gasteiger partial charge in [0.15, 0.2) is 0 Å². The molecule has 1 aliphatic heterocycles. The first-order valence-electron chi connectivity index (χ1n) is 10.7. The summed E-state index contributed by atoms with van der Waals surface area (Å²) in [5, 5.41) is 0. The summed E-state index contributed by atoms with van der Waals surface area (Å²) >= 11 is 3.51. The summed E-state index contributed by atoms with van der Waals surface area (Å²) in [6.45, 7) is 1.19. The molecule has 0 spiro atoms. The second kappa shape index (κ2) is 10.8. The van der Waals surface area contributed by atoms with Gasteiger partial charge in [-0.15, -0.1) is 0 Å². The van der Waals surface area contributed by atoms with Gasteiger partial charge in [0.1, 0.15) is 5.78 Å². The van der Waals surface area contributed by atoms with E-state index < -0.39 is 13.4 Å². The number of fused-ring (bicyclic) bond motifs is 1. The fourth-order valence-electron chi connectivity index (χ4n) is 4.12. The summed E-state index contributed by atoms with van der Waals surface area (Å²) < 4.78 is 25.9. The summed E-state index contributed by atoms with van der Waals surface area (Å²) in [7, 11) is -0.548. The van der Waals surface area contributed by atoms with Crippen LogP contribution in [0.3, 0.4) is 0 Å². The summed E-state index contributed by atoms with van der Waals surface area (Å²) in [6, 6.07) is 26.5. The van der Waals surface area contributed by atoms with Gasteiger partial charge in [0.2, 0.25) is 0 Å². The van der Waals surface area contributed by atoms with Crippen molar-refractivity contribution in [3.05, 3.63) is 117 Å². The van der Waals surface area contributed by atoms with Gasteiger partial charge in [0.05, 0.1) is 0 Å². The first-order valence-corrected chi connectivity index (χ1v) is 13.2. The van der Waals surface area contributed by atoms with E-state index in [1.807, 2.05) is 48.5 Å². The normalized spacial score (nSPS) is 16.9. The third-order valence-electron chi connectivity index (χ3n) is 5.74. The van der Waals surface area contributed by atoms with Gasteiger partial charge < -0.3 is 9.05 Å². The van der Waals surface area contributed by atoms with Crippen molar-refractivity contribution in [2.24, 2.45) is 0 Å². The molecule has 0 aliphatic carbocycles. The lowest BCUT2D eigenvalue weighted by molar-refractivity contribution is 0.194. The van der Waals surface area contributed by atoms with Crippen molar-refractivity contribution < 1.29 is 13.6 Å². The Labute approximate surface area is 204 Å². The van der Waals surface area contributed by atoms with E-state index in [-0.39, 0.29) is 0 Å². The van der Waals surface area contributed by atoms with Gasteiger partial charge in [-0.05, 0) is 40.0 Å². The van der Waals surface area contributed by atoms with Gasteiger partial charge >= 0.3 is 7.60 Å². The molecule has 0 saturated carbocycles. The van der Waals surface area contributed by atoms with E-state index in [1.165, 1.54) is 14.2 Å². The SMILES string of the molecule is COP(=O)(OC)C1c2ccccc2C=C(/C=C/c2ccccc2)CN1Cc1ccc(Br)cc1. The predicted octanol–water partition coefficient (Wildman–Crippen LogP) is 7.55. The van der Waals surface area contributed by atoms with E-state index in [0.717, 1.165) is 32.3 Å². The molecular formula is C27H27BrNO3P. The average Bonchev–Trinajstić information content (AvgIpc) is 3.01. The molecule has 170 valence electrons. The van der Waals surface area contributed by atoms with Crippen LogP contribution in [0.5, 0.6) is 0 Å². The molecule has 3 aromatic rings. The molecule has 4 nitrogen and oxygen atoms in total. The Kier molecular flexibility index (Phi) is 7.79. The van der Waals surface area contributed by atoms with Crippen LogP contribution in [0.4, 0.5) is 0 Å². The number of rotatable bonds is 7. The quantitative estimate of drug-likeness (QED) is 0.299. The average molecular weight is 524 g/mol. The molecule has 1 unspecified atom stereocenters. The van der Waals surface area contributed by atoms with Crippen LogP contribution in [0.1, 0.15) is 28.0 Å². The minimum absolute atomic E-state index is 0.536. The zero-order valence-electron chi connectivity index (χ0n) is 18.7. The molecule has 0 bridgehead atoms. The molecule has 3 aromatic carbocycles. The summed E-state index contributed by atoms with van der Waals surface area (Å²) in [5.74, 6) is -0.536. The maximum atomic E-state index is 13.8. The Bertz CT molecular complexity index is 1180. The third-order valence-corrected chi connectivity index (χ3v) is 8.49. The van der Waals surface area contributed by atoms with Gasteiger partial charge in [-0.25, -0.2) is 0 Å². The van der Waals surface area contributed by atoms with Crippen molar-refractivity contribution >= 4 is 35.7 Å². The molecule has 6 heteroatoms. The zero-order valence-corrected chi connectivity index (χ0v) is 21.2. The Morgan fingerprint density at radius 2 is 1.61 bits per heavy atom. The highest BCUT2D eigenvalue weighted by molar-refractivity contribution is 9.10. The van der Waals surface area contributed by atoms with Crippen molar-refractivity contribution in [2.75, 3.05) is 20.8 Å². The van der Waals surface area contributed by atoms with Crippen LogP contribution < -0.4 is 0 Å². The van der Waals surface area contributed by atoms with Crippen LogP contribution in [-0.2, 0) is 20.2 Å². The molecule has 0 N–H and O–H groups in total. The minimum Gasteiger partial charge on any atom is -0.311 e. The molecule has 0 aromatic heterocycles. The van der Waals surface area contributed by atoms with E-state index in [1.54, 1.807) is 0 Å². The highest BCUT2D eigenvalue weighted by atomic mass is 79.9. The smallest absolute Gasteiger partial charge is 0.311 e. The highest BCUT2D eigenvalue weighted by Gasteiger charge is 2.42. The maximum absolute atomic E-state index is 13.8. The van der Waals surface area contributed by atoms with Crippen LogP contribution in [0.25, 0.3) is 12.2 Å². The zero-order chi connectivity index (χ0) is 23.3. The van der Waals surface area contributed by atoms with Crippen LogP contribution in [0, 0.1) is 0 Å². The number of halogens is 1. The van der Waals surface area contributed by atoms with E-state index in [4.69, 9.17) is 9.05 Å². The molecule has 33 heavy (non-hydrogen) atoms. The molecule has 1 atom stereocenters. The van der Waals surface area contributed by atoms with Gasteiger partial charge in [0, 0.05) is 31.8 Å². The molecule has 0 radical (unpaired) electrons. The molecule has 0 amide bonds. The van der Waals surface area contributed by atoms with Crippen molar-refractivity contribution in [3.63, 3.8) is 0 Å². The second-order valence-corrected chi connectivity index (χ2v) is 11.1. The molecule has 0 fully saturated rings. The van der Waals surface area contributed by atoms with Gasteiger partial charge in [0.25, 0.3) is 0 Å². The van der Waals surface area contributed by atoms with Crippen molar-refractivity contribution in [1.82, 2.24) is 4.90 Å². The third kappa shape index (κ3) is 5.63. The monoisotopic (exact) mass is 523 g/mol. The summed E-state index contributed by atoms with van der Waals surface area (Å²) in [5.41, 5.74) is 5.32. The van der Waals surface area contributed by atoms with Crippen LogP contribution in [0.2, 0.25) is 0 Å². The Morgan fingerprint density at radius 1 is 0.939 bits per heavy atom. The van der Waals surface area contributed by atoms with Crippen LogP contribution in [0.15, 0.2) is 95.0 Å². The van der Waals surface area contributed by atoms with Gasteiger partial charge in [-0.2, -0.15) is 0 Å². The standard InChI is InChI=1S/C27H27BrNO3P/c1-31-33(30,32-2)27-26-11-7-6-10-24(26)18-23(13-12-21-8-4-3-5-9-21)20-29(27)19-22-14-16-25(28)17-15-22/h3-18,27H,19-20H2,1-2H3/b13-12+. The topological polar surface area (TPSA) is 38.8 Å². The summed E-state index contributed by atoms with van der Waals surface area (Å²) in [6.07, 6.45) is 6.41. The van der Waals surface area contributed by atoms with Crippen molar-refractivity contribution in [1.29, 1.82) is 0 Å².